The van der Waals surface area contributed by atoms with Crippen molar-refractivity contribution in [3.05, 3.63) is 47.9 Å². The van der Waals surface area contributed by atoms with Gasteiger partial charge in [-0.25, -0.2) is 4.98 Å². The fourth-order valence-electron chi connectivity index (χ4n) is 6.47. The highest BCUT2D eigenvalue weighted by atomic mass is 19.4. The van der Waals surface area contributed by atoms with Crippen LogP contribution in [0.1, 0.15) is 60.7 Å². The van der Waals surface area contributed by atoms with Crippen molar-refractivity contribution in [3.63, 3.8) is 0 Å². The molecule has 0 unspecified atom stereocenters. The number of pyridine rings is 1. The third kappa shape index (κ3) is 5.54. The van der Waals surface area contributed by atoms with Crippen LogP contribution in [-0.4, -0.2) is 65.4 Å². The molecule has 3 aliphatic rings. The monoisotopic (exact) mass is 556 g/mol. The van der Waals surface area contributed by atoms with Crippen LogP contribution in [0.3, 0.4) is 0 Å². The Bertz CT molecular complexity index is 1370. The molecule has 1 saturated carbocycles. The second kappa shape index (κ2) is 10.7. The largest absolute Gasteiger partial charge is 0.494 e. The van der Waals surface area contributed by atoms with Crippen molar-refractivity contribution in [1.82, 2.24) is 25.0 Å². The summed E-state index contributed by atoms with van der Waals surface area (Å²) in [7, 11) is 1.47. The van der Waals surface area contributed by atoms with E-state index in [2.05, 4.69) is 20.5 Å². The summed E-state index contributed by atoms with van der Waals surface area (Å²) in [6, 6.07) is 7.02. The number of hydrogen-bond donors (Lipinski definition) is 2. The lowest BCUT2D eigenvalue weighted by Gasteiger charge is -2.48. The zero-order valence-corrected chi connectivity index (χ0v) is 22.6. The van der Waals surface area contributed by atoms with Crippen molar-refractivity contribution < 1.29 is 22.7 Å². The summed E-state index contributed by atoms with van der Waals surface area (Å²) in [5, 5.41) is 11.7. The van der Waals surface area contributed by atoms with Crippen molar-refractivity contribution in [2.45, 2.75) is 50.7 Å². The molecule has 0 radical (unpaired) electrons. The van der Waals surface area contributed by atoms with Gasteiger partial charge in [-0.2, -0.15) is 18.3 Å². The minimum Gasteiger partial charge on any atom is -0.494 e. The molecular formula is C29H35F3N6O2. The summed E-state index contributed by atoms with van der Waals surface area (Å²) in [4.78, 5) is 18.8. The quantitative estimate of drug-likeness (QED) is 0.438. The lowest BCUT2D eigenvalue weighted by atomic mass is 9.67. The summed E-state index contributed by atoms with van der Waals surface area (Å²) in [5.41, 5.74) is 0.239. The highest BCUT2D eigenvalue weighted by molar-refractivity contribution is 6.05. The lowest BCUT2D eigenvalue weighted by Crippen LogP contribution is -2.55. The number of anilines is 1. The first-order chi connectivity index (χ1) is 19.2. The Morgan fingerprint density at radius 1 is 1.15 bits per heavy atom. The SMILES string of the molecule is COc1cc2nn(C3CCN(CC4CCC5(CC4)CNC5)CC3)cc2cc1NC(=O)c1cccc(C(F)(F)F)n1. The molecule has 1 spiro atoms. The number of carbonyl (C=O) groups is 1. The number of aromatic nitrogens is 3. The number of fused-ring (bicyclic) bond motifs is 1. The summed E-state index contributed by atoms with van der Waals surface area (Å²) < 4.78 is 46.6. The molecule has 2 aromatic heterocycles. The average molecular weight is 557 g/mol. The van der Waals surface area contributed by atoms with Gasteiger partial charge in [0, 0.05) is 50.4 Å². The van der Waals surface area contributed by atoms with Crippen molar-refractivity contribution in [2.75, 3.05) is 45.2 Å². The van der Waals surface area contributed by atoms with E-state index in [-0.39, 0.29) is 11.7 Å². The summed E-state index contributed by atoms with van der Waals surface area (Å²) in [6.45, 7) is 5.71. The van der Waals surface area contributed by atoms with Crippen LogP contribution in [0.25, 0.3) is 10.9 Å². The molecule has 214 valence electrons. The molecule has 11 heteroatoms. The second-order valence-electron chi connectivity index (χ2n) is 11.7. The number of nitrogens with zero attached hydrogens (tertiary/aromatic N) is 4. The van der Waals surface area contributed by atoms with Gasteiger partial charge in [-0.1, -0.05) is 6.07 Å². The van der Waals surface area contributed by atoms with Crippen LogP contribution in [0.15, 0.2) is 36.5 Å². The number of piperidine rings is 1. The van der Waals surface area contributed by atoms with E-state index in [0.717, 1.165) is 54.9 Å². The second-order valence-corrected chi connectivity index (χ2v) is 11.7. The molecule has 6 rings (SSSR count). The van der Waals surface area contributed by atoms with E-state index < -0.39 is 17.8 Å². The summed E-state index contributed by atoms with van der Waals surface area (Å²) in [6.07, 6.45) is 4.80. The van der Waals surface area contributed by atoms with E-state index in [9.17, 15) is 18.0 Å². The number of halogens is 3. The van der Waals surface area contributed by atoms with Gasteiger partial charge < -0.3 is 20.3 Å². The smallest absolute Gasteiger partial charge is 0.433 e. The minimum absolute atomic E-state index is 0.290. The van der Waals surface area contributed by atoms with E-state index in [1.807, 2.05) is 10.9 Å². The summed E-state index contributed by atoms with van der Waals surface area (Å²) >= 11 is 0. The maximum atomic E-state index is 13.0. The number of carbonyl (C=O) groups excluding carboxylic acids is 1. The molecule has 8 nitrogen and oxygen atoms in total. The molecule has 3 aromatic rings. The van der Waals surface area contributed by atoms with Gasteiger partial charge in [-0.15, -0.1) is 0 Å². The van der Waals surface area contributed by atoms with Gasteiger partial charge in [0.25, 0.3) is 5.91 Å². The van der Waals surface area contributed by atoms with E-state index >= 15 is 0 Å². The highest BCUT2D eigenvalue weighted by Gasteiger charge is 2.40. The lowest BCUT2D eigenvalue weighted by molar-refractivity contribution is -0.141. The van der Waals surface area contributed by atoms with Gasteiger partial charge in [-0.05, 0) is 68.1 Å². The predicted octanol–water partition coefficient (Wildman–Crippen LogP) is 5.13. The number of likely N-dealkylation sites (tertiary alicyclic amines) is 1. The number of hydrogen-bond acceptors (Lipinski definition) is 6. The topological polar surface area (TPSA) is 84.3 Å². The number of rotatable bonds is 6. The maximum Gasteiger partial charge on any atom is 0.433 e. The average Bonchev–Trinajstić information content (AvgIpc) is 3.35. The van der Waals surface area contributed by atoms with Crippen LogP contribution >= 0.6 is 0 Å². The molecule has 1 aliphatic carbocycles. The van der Waals surface area contributed by atoms with Gasteiger partial charge in [0.05, 0.1) is 24.4 Å². The van der Waals surface area contributed by atoms with E-state index in [1.165, 1.54) is 58.5 Å². The Balaban J connectivity index is 1.09. The third-order valence-corrected chi connectivity index (χ3v) is 8.98. The highest BCUT2D eigenvalue weighted by Crippen LogP contribution is 2.42. The van der Waals surface area contributed by atoms with Gasteiger partial charge in [0.2, 0.25) is 0 Å². The molecule has 4 heterocycles. The number of alkyl halides is 3. The van der Waals surface area contributed by atoms with E-state index in [4.69, 9.17) is 9.84 Å². The first-order valence-electron chi connectivity index (χ1n) is 14.1. The van der Waals surface area contributed by atoms with Gasteiger partial charge in [0.1, 0.15) is 17.1 Å². The van der Waals surface area contributed by atoms with Crippen LogP contribution in [0.2, 0.25) is 0 Å². The van der Waals surface area contributed by atoms with Crippen molar-refractivity contribution in [1.29, 1.82) is 0 Å². The van der Waals surface area contributed by atoms with Gasteiger partial charge >= 0.3 is 6.18 Å². The zero-order valence-electron chi connectivity index (χ0n) is 22.6. The van der Waals surface area contributed by atoms with Crippen LogP contribution in [0.4, 0.5) is 18.9 Å². The Kier molecular flexibility index (Phi) is 7.20. The fourth-order valence-corrected chi connectivity index (χ4v) is 6.47. The molecule has 2 saturated heterocycles. The van der Waals surface area contributed by atoms with Gasteiger partial charge in [0.15, 0.2) is 0 Å². The minimum atomic E-state index is -4.63. The van der Waals surface area contributed by atoms with Gasteiger partial charge in [-0.3, -0.25) is 9.48 Å². The number of amides is 1. The maximum absolute atomic E-state index is 13.0. The van der Waals surface area contributed by atoms with Crippen molar-refractivity contribution >= 4 is 22.5 Å². The summed E-state index contributed by atoms with van der Waals surface area (Å²) in [5.74, 6) is 0.433. The molecule has 0 atom stereocenters. The van der Waals surface area contributed by atoms with Crippen LogP contribution < -0.4 is 15.4 Å². The zero-order chi connectivity index (χ0) is 27.9. The number of ether oxygens (including phenoxy) is 1. The molecular weight excluding hydrogens is 521 g/mol. The standard InChI is InChI=1S/C29H35F3N6O2/c1-40-25-14-23-20(13-24(25)35-27(39)22-3-2-4-26(34-22)29(30,31)32)16-38(36-23)21-7-11-37(12-8-21)15-19-5-9-28(10-6-19)17-33-18-28/h2-4,13-14,16,19,21,33H,5-12,15,17-18H2,1H3,(H,35,39). The number of nitrogens with one attached hydrogen (secondary N) is 2. The molecule has 1 aromatic carbocycles. The van der Waals surface area contributed by atoms with Crippen molar-refractivity contribution in [2.24, 2.45) is 11.3 Å². The normalized spacial score (nSPS) is 20.5. The number of methoxy groups -OCH3 is 1. The Hall–Kier alpha value is -3.18. The molecule has 1 amide bonds. The Morgan fingerprint density at radius 2 is 1.90 bits per heavy atom. The Labute approximate surface area is 231 Å². The van der Waals surface area contributed by atoms with E-state index in [0.29, 0.717) is 16.9 Å². The molecule has 3 fully saturated rings. The van der Waals surface area contributed by atoms with E-state index in [1.54, 1.807) is 12.1 Å². The number of benzene rings is 1. The van der Waals surface area contributed by atoms with Crippen LogP contribution in [-0.2, 0) is 6.18 Å². The molecule has 40 heavy (non-hydrogen) atoms. The first-order valence-corrected chi connectivity index (χ1v) is 14.1. The molecule has 2 N–H and O–H groups in total. The molecule has 0 bridgehead atoms. The predicted molar refractivity (Wildman–Crippen MR) is 145 cm³/mol. The molecule has 2 aliphatic heterocycles. The Morgan fingerprint density at radius 3 is 2.55 bits per heavy atom. The third-order valence-electron chi connectivity index (χ3n) is 8.98. The van der Waals surface area contributed by atoms with Crippen LogP contribution in [0, 0.1) is 11.3 Å². The van der Waals surface area contributed by atoms with Crippen molar-refractivity contribution in [3.8, 4) is 5.75 Å². The van der Waals surface area contributed by atoms with Crippen LogP contribution in [0.5, 0.6) is 5.75 Å². The first kappa shape index (κ1) is 27.0. The fraction of sp³-hybridized carbons (Fsp3) is 0.552.